The standard InChI is InChI=1S/C24H42O3/c1-3-24(16-26-17-24)18-27-23(2,12-19-14-25-15-19)13-22(20-8-4-5-9-20)21-10-6-7-11-21/h19-22H,3-18H2,1-2H3. The molecule has 0 bridgehead atoms. The Kier molecular flexibility index (Phi) is 6.51. The Morgan fingerprint density at radius 3 is 1.96 bits per heavy atom. The average molecular weight is 379 g/mol. The molecule has 0 aromatic heterocycles. The molecule has 0 amide bonds. The molecule has 0 radical (unpaired) electrons. The molecule has 2 aliphatic carbocycles. The maximum Gasteiger partial charge on any atom is 0.0662 e. The first-order valence-electron chi connectivity index (χ1n) is 11.9. The molecular weight excluding hydrogens is 336 g/mol. The molecule has 4 fully saturated rings. The third-order valence-electron chi connectivity index (χ3n) is 8.40. The maximum absolute atomic E-state index is 6.85. The van der Waals surface area contributed by atoms with Crippen molar-refractivity contribution in [2.75, 3.05) is 33.0 Å². The third kappa shape index (κ3) is 4.73. The topological polar surface area (TPSA) is 27.7 Å². The Hall–Kier alpha value is -0.120. The van der Waals surface area contributed by atoms with Crippen LogP contribution in [0.2, 0.25) is 0 Å². The van der Waals surface area contributed by atoms with Crippen molar-refractivity contribution in [1.82, 2.24) is 0 Å². The SMILES string of the molecule is CCC1(COC(C)(CC2COC2)CC(C2CCCC2)C2CCCC2)COC1. The van der Waals surface area contributed by atoms with Crippen LogP contribution in [0, 0.1) is 29.1 Å². The Labute approximate surface area is 166 Å². The summed E-state index contributed by atoms with van der Waals surface area (Å²) in [4.78, 5) is 0. The summed E-state index contributed by atoms with van der Waals surface area (Å²) in [6.45, 7) is 9.28. The molecule has 27 heavy (non-hydrogen) atoms. The first-order valence-corrected chi connectivity index (χ1v) is 11.9. The summed E-state index contributed by atoms with van der Waals surface area (Å²) >= 11 is 0. The molecule has 0 aromatic rings. The number of rotatable bonds is 10. The fourth-order valence-corrected chi connectivity index (χ4v) is 6.31. The van der Waals surface area contributed by atoms with Crippen LogP contribution in [0.1, 0.15) is 84.5 Å². The van der Waals surface area contributed by atoms with Crippen LogP contribution in [0.25, 0.3) is 0 Å². The Balaban J connectivity index is 1.45. The molecule has 2 saturated carbocycles. The minimum Gasteiger partial charge on any atom is -0.381 e. The Morgan fingerprint density at radius 1 is 0.963 bits per heavy atom. The summed E-state index contributed by atoms with van der Waals surface area (Å²) in [5.41, 5.74) is 0.301. The van der Waals surface area contributed by atoms with Crippen LogP contribution in [0.4, 0.5) is 0 Å². The molecular formula is C24H42O3. The van der Waals surface area contributed by atoms with Gasteiger partial charge < -0.3 is 14.2 Å². The third-order valence-corrected chi connectivity index (χ3v) is 8.40. The molecule has 4 aliphatic rings. The second-order valence-electron chi connectivity index (χ2n) is 10.6. The summed E-state index contributed by atoms with van der Waals surface area (Å²) in [5.74, 6) is 3.51. The highest BCUT2D eigenvalue weighted by atomic mass is 16.5. The molecule has 2 aliphatic heterocycles. The van der Waals surface area contributed by atoms with E-state index in [0.29, 0.717) is 5.92 Å². The van der Waals surface area contributed by atoms with E-state index in [1.807, 2.05) is 0 Å². The van der Waals surface area contributed by atoms with E-state index in [4.69, 9.17) is 14.2 Å². The van der Waals surface area contributed by atoms with Gasteiger partial charge in [-0.3, -0.25) is 0 Å². The van der Waals surface area contributed by atoms with Crippen molar-refractivity contribution in [2.45, 2.75) is 90.1 Å². The molecule has 1 atom stereocenters. The second kappa shape index (κ2) is 8.71. The zero-order valence-corrected chi connectivity index (χ0v) is 17.8. The van der Waals surface area contributed by atoms with Crippen LogP contribution < -0.4 is 0 Å². The van der Waals surface area contributed by atoms with Gasteiger partial charge in [0.15, 0.2) is 0 Å². The quantitative estimate of drug-likeness (QED) is 0.494. The maximum atomic E-state index is 6.85. The van der Waals surface area contributed by atoms with Gasteiger partial charge in [0.05, 0.1) is 38.6 Å². The van der Waals surface area contributed by atoms with E-state index in [0.717, 1.165) is 50.8 Å². The highest BCUT2D eigenvalue weighted by Gasteiger charge is 2.44. The molecule has 1 unspecified atom stereocenters. The largest absolute Gasteiger partial charge is 0.381 e. The summed E-state index contributed by atoms with van der Waals surface area (Å²) in [6.07, 6.45) is 15.3. The van der Waals surface area contributed by atoms with Crippen molar-refractivity contribution in [3.05, 3.63) is 0 Å². The molecule has 0 aromatic carbocycles. The van der Waals surface area contributed by atoms with Crippen LogP contribution in [0.15, 0.2) is 0 Å². The van der Waals surface area contributed by atoms with Gasteiger partial charge in [0.2, 0.25) is 0 Å². The van der Waals surface area contributed by atoms with Crippen molar-refractivity contribution >= 4 is 0 Å². The number of hydrogen-bond donors (Lipinski definition) is 0. The first-order chi connectivity index (χ1) is 13.1. The normalized spacial score (nSPS) is 29.0. The predicted molar refractivity (Wildman–Crippen MR) is 109 cm³/mol. The van der Waals surface area contributed by atoms with Crippen LogP contribution >= 0.6 is 0 Å². The molecule has 0 spiro atoms. The van der Waals surface area contributed by atoms with Gasteiger partial charge in [-0.25, -0.2) is 0 Å². The molecule has 3 heteroatoms. The van der Waals surface area contributed by atoms with Crippen molar-refractivity contribution in [3.63, 3.8) is 0 Å². The summed E-state index contributed by atoms with van der Waals surface area (Å²) < 4.78 is 17.9. The smallest absolute Gasteiger partial charge is 0.0662 e. The van der Waals surface area contributed by atoms with E-state index >= 15 is 0 Å². The molecule has 3 nitrogen and oxygen atoms in total. The van der Waals surface area contributed by atoms with Gasteiger partial charge in [-0.1, -0.05) is 58.3 Å². The fourth-order valence-electron chi connectivity index (χ4n) is 6.31. The lowest BCUT2D eigenvalue weighted by Crippen LogP contribution is -2.49. The van der Waals surface area contributed by atoms with E-state index in [9.17, 15) is 0 Å². The van der Waals surface area contributed by atoms with Crippen LogP contribution in [-0.4, -0.2) is 38.6 Å². The number of ether oxygens (including phenoxy) is 3. The highest BCUT2D eigenvalue weighted by molar-refractivity contribution is 4.93. The van der Waals surface area contributed by atoms with Crippen molar-refractivity contribution in [1.29, 1.82) is 0 Å². The molecule has 156 valence electrons. The Bertz CT molecular complexity index is 437. The van der Waals surface area contributed by atoms with Gasteiger partial charge in [-0.15, -0.1) is 0 Å². The summed E-state index contributed by atoms with van der Waals surface area (Å²) in [5, 5.41) is 0. The van der Waals surface area contributed by atoms with Crippen LogP contribution in [0.5, 0.6) is 0 Å². The van der Waals surface area contributed by atoms with Crippen molar-refractivity contribution in [3.8, 4) is 0 Å². The van der Waals surface area contributed by atoms with E-state index in [-0.39, 0.29) is 11.0 Å². The minimum atomic E-state index is 0.0159. The summed E-state index contributed by atoms with van der Waals surface area (Å²) in [6, 6.07) is 0. The second-order valence-corrected chi connectivity index (χ2v) is 10.6. The summed E-state index contributed by atoms with van der Waals surface area (Å²) in [7, 11) is 0. The molecule has 2 heterocycles. The zero-order chi connectivity index (χ0) is 18.7. The van der Waals surface area contributed by atoms with Gasteiger partial charge in [-0.2, -0.15) is 0 Å². The average Bonchev–Trinajstić information content (AvgIpc) is 3.29. The molecule has 2 saturated heterocycles. The lowest BCUT2D eigenvalue weighted by Gasteiger charge is -2.46. The van der Waals surface area contributed by atoms with Gasteiger partial charge >= 0.3 is 0 Å². The Morgan fingerprint density at radius 2 is 1.56 bits per heavy atom. The van der Waals surface area contributed by atoms with E-state index < -0.39 is 0 Å². The van der Waals surface area contributed by atoms with Crippen LogP contribution in [-0.2, 0) is 14.2 Å². The minimum absolute atomic E-state index is 0.0159. The lowest BCUT2D eigenvalue weighted by molar-refractivity contribution is -0.192. The monoisotopic (exact) mass is 378 g/mol. The van der Waals surface area contributed by atoms with E-state index in [1.54, 1.807) is 0 Å². The fraction of sp³-hybridized carbons (Fsp3) is 1.00. The van der Waals surface area contributed by atoms with Crippen LogP contribution in [0.3, 0.4) is 0 Å². The molecule has 4 rings (SSSR count). The van der Waals surface area contributed by atoms with E-state index in [2.05, 4.69) is 13.8 Å². The first kappa shape index (κ1) is 20.2. The highest BCUT2D eigenvalue weighted by Crippen LogP contribution is 2.47. The lowest BCUT2D eigenvalue weighted by atomic mass is 9.71. The van der Waals surface area contributed by atoms with Gasteiger partial charge in [0.1, 0.15) is 0 Å². The predicted octanol–water partition coefficient (Wildman–Crippen LogP) is 5.61. The van der Waals surface area contributed by atoms with Gasteiger partial charge in [0, 0.05) is 11.3 Å². The number of hydrogen-bond acceptors (Lipinski definition) is 3. The van der Waals surface area contributed by atoms with E-state index in [1.165, 1.54) is 70.6 Å². The van der Waals surface area contributed by atoms with Gasteiger partial charge in [0.25, 0.3) is 0 Å². The van der Waals surface area contributed by atoms with Crippen molar-refractivity contribution < 1.29 is 14.2 Å². The van der Waals surface area contributed by atoms with Gasteiger partial charge in [-0.05, 0) is 43.9 Å². The zero-order valence-electron chi connectivity index (χ0n) is 17.8. The molecule has 0 N–H and O–H groups in total. The van der Waals surface area contributed by atoms with Crippen molar-refractivity contribution in [2.24, 2.45) is 29.1 Å².